The van der Waals surface area contributed by atoms with Crippen LogP contribution in [-0.2, 0) is 0 Å². The average Bonchev–Trinajstić information content (AvgIpc) is 1.96. The minimum absolute atomic E-state index is 0.148. The van der Waals surface area contributed by atoms with Gasteiger partial charge in [-0.15, -0.1) is 0 Å². The maximum atomic E-state index is 12.3. The minimum Gasteiger partial charge on any atom is -0.173 e. The zero-order valence-corrected chi connectivity index (χ0v) is 8.89. The van der Waals surface area contributed by atoms with E-state index in [4.69, 9.17) is 23.2 Å². The van der Waals surface area contributed by atoms with Crippen LogP contribution in [0.15, 0.2) is 24.3 Å². The normalized spacial score (nSPS) is 11.4. The van der Waals surface area contributed by atoms with E-state index in [2.05, 4.69) is 0 Å². The fourth-order valence-electron chi connectivity index (χ4n) is 1.08. The lowest BCUT2D eigenvalue weighted by Crippen LogP contribution is -2.11. The molecule has 1 aromatic rings. The smallest absolute Gasteiger partial charge is 0.173 e. The molecule has 0 saturated heterocycles. The van der Waals surface area contributed by atoms with Gasteiger partial charge in [0.1, 0.15) is 5.57 Å². The highest BCUT2D eigenvalue weighted by Crippen LogP contribution is 2.39. The highest BCUT2D eigenvalue weighted by Gasteiger charge is 2.39. The molecule has 0 fully saturated rings. The first-order chi connectivity index (χ1) is 7.21. The molecule has 0 atom stereocenters. The molecule has 0 amide bonds. The van der Waals surface area contributed by atoms with Gasteiger partial charge < -0.3 is 0 Å². The van der Waals surface area contributed by atoms with Gasteiger partial charge in [-0.25, -0.2) is 0 Å². The quantitative estimate of drug-likeness (QED) is 0.621. The van der Waals surface area contributed by atoms with Crippen LogP contribution in [0.2, 0.25) is 10.0 Å². The monoisotopic (exact) mass is 276 g/mol. The Balaban J connectivity index is 3.40. The zero-order valence-electron chi connectivity index (χ0n) is 7.38. The number of halogens is 7. The number of allylic oxidation sites excluding steroid dienone is 1. The van der Waals surface area contributed by atoms with E-state index in [9.17, 15) is 22.0 Å². The van der Waals surface area contributed by atoms with E-state index < -0.39 is 23.4 Å². The lowest BCUT2D eigenvalue weighted by Gasteiger charge is -2.11. The summed E-state index contributed by atoms with van der Waals surface area (Å²) in [6.07, 6.45) is -7.99. The summed E-state index contributed by atoms with van der Waals surface area (Å²) in [4.78, 5) is 0. The molecule has 7 heteroatoms. The zero-order chi connectivity index (χ0) is 12.5. The third kappa shape index (κ3) is 3.09. The molecule has 0 N–H and O–H groups in total. The Kier molecular flexibility index (Phi) is 3.80. The van der Waals surface area contributed by atoms with Gasteiger partial charge >= 0.3 is 6.18 Å². The van der Waals surface area contributed by atoms with E-state index in [0.717, 1.165) is 18.2 Å². The van der Waals surface area contributed by atoms with Crippen molar-refractivity contribution < 1.29 is 22.0 Å². The van der Waals surface area contributed by atoms with Crippen molar-refractivity contribution in [3.05, 3.63) is 39.9 Å². The number of hydrogen-bond donors (Lipinski definition) is 0. The molecular formula is C9H3Cl2F5. The summed E-state index contributed by atoms with van der Waals surface area (Å²) in [6.45, 7) is 0. The fraction of sp³-hybridized carbons (Fsp3) is 0.111. The van der Waals surface area contributed by atoms with E-state index in [1.807, 2.05) is 0 Å². The van der Waals surface area contributed by atoms with Gasteiger partial charge in [0.2, 0.25) is 0 Å². The van der Waals surface area contributed by atoms with Crippen LogP contribution in [0.25, 0.3) is 5.57 Å². The predicted octanol–water partition coefficient (Wildman–Crippen LogP) is 5.16. The maximum absolute atomic E-state index is 12.3. The third-order valence-corrected chi connectivity index (χ3v) is 2.06. The first-order valence-corrected chi connectivity index (χ1v) is 4.56. The van der Waals surface area contributed by atoms with Crippen LogP contribution in [0.4, 0.5) is 22.0 Å². The lowest BCUT2D eigenvalue weighted by atomic mass is 10.1. The highest BCUT2D eigenvalue weighted by molar-refractivity contribution is 6.34. The largest absolute Gasteiger partial charge is 0.422 e. The molecular weight excluding hydrogens is 274 g/mol. The molecule has 0 aliphatic carbocycles. The van der Waals surface area contributed by atoms with E-state index in [1.54, 1.807) is 0 Å². The molecule has 88 valence electrons. The second-order valence-corrected chi connectivity index (χ2v) is 3.66. The molecule has 0 nitrogen and oxygen atoms in total. The van der Waals surface area contributed by atoms with Crippen molar-refractivity contribution in [2.45, 2.75) is 6.18 Å². The van der Waals surface area contributed by atoms with Crippen LogP contribution < -0.4 is 0 Å². The second-order valence-electron chi connectivity index (χ2n) is 2.79. The van der Waals surface area contributed by atoms with Crippen molar-refractivity contribution >= 4 is 28.8 Å². The first kappa shape index (κ1) is 13.3. The molecule has 0 aliphatic rings. The molecule has 16 heavy (non-hydrogen) atoms. The van der Waals surface area contributed by atoms with E-state index >= 15 is 0 Å². The Hall–Kier alpha value is -0.810. The van der Waals surface area contributed by atoms with E-state index in [0.29, 0.717) is 0 Å². The topological polar surface area (TPSA) is 0 Å². The van der Waals surface area contributed by atoms with Crippen LogP contribution in [0.5, 0.6) is 0 Å². The molecule has 0 spiro atoms. The van der Waals surface area contributed by atoms with Crippen molar-refractivity contribution in [2.75, 3.05) is 0 Å². The number of hydrogen-bond acceptors (Lipinski definition) is 0. The Morgan fingerprint density at radius 1 is 0.938 bits per heavy atom. The van der Waals surface area contributed by atoms with Gasteiger partial charge in [0, 0.05) is 10.0 Å². The van der Waals surface area contributed by atoms with Crippen molar-refractivity contribution in [1.29, 1.82) is 0 Å². The molecule has 0 saturated carbocycles. The Labute approximate surface area is 97.3 Å². The Morgan fingerprint density at radius 2 is 1.38 bits per heavy atom. The van der Waals surface area contributed by atoms with Crippen LogP contribution >= 0.6 is 23.2 Å². The van der Waals surface area contributed by atoms with Crippen molar-refractivity contribution in [3.8, 4) is 0 Å². The lowest BCUT2D eigenvalue weighted by molar-refractivity contribution is -0.0711. The van der Waals surface area contributed by atoms with Gasteiger partial charge in [-0.1, -0.05) is 23.2 Å². The minimum atomic E-state index is -5.16. The summed E-state index contributed by atoms with van der Waals surface area (Å²) < 4.78 is 61.3. The molecule has 0 bridgehead atoms. The van der Waals surface area contributed by atoms with Gasteiger partial charge in [-0.05, 0) is 23.8 Å². The summed E-state index contributed by atoms with van der Waals surface area (Å²) in [5.41, 5.74) is -2.79. The third-order valence-electron chi connectivity index (χ3n) is 1.62. The molecule has 1 aromatic carbocycles. The van der Waals surface area contributed by atoms with E-state index in [1.165, 1.54) is 0 Å². The van der Waals surface area contributed by atoms with Crippen LogP contribution in [0.3, 0.4) is 0 Å². The van der Waals surface area contributed by atoms with Gasteiger partial charge in [0.25, 0.3) is 6.08 Å². The van der Waals surface area contributed by atoms with Crippen molar-refractivity contribution in [2.24, 2.45) is 0 Å². The summed E-state index contributed by atoms with van der Waals surface area (Å²) in [7, 11) is 0. The predicted molar refractivity (Wildman–Crippen MR) is 51.7 cm³/mol. The number of alkyl halides is 3. The standard InChI is InChI=1S/C9H3Cl2F5/c10-5-1-4(2-6(11)3-5)7(8(12)13)9(14,15)16/h1-3H. The summed E-state index contributed by atoms with van der Waals surface area (Å²) in [5.74, 6) is 0. The van der Waals surface area contributed by atoms with Crippen LogP contribution in [0, 0.1) is 0 Å². The molecule has 0 radical (unpaired) electrons. The Bertz CT molecular complexity index is 412. The van der Waals surface area contributed by atoms with Crippen LogP contribution in [0.1, 0.15) is 5.56 Å². The summed E-state index contributed by atoms with van der Waals surface area (Å²) in [5, 5.41) is -0.295. The van der Waals surface area contributed by atoms with Crippen molar-refractivity contribution in [3.63, 3.8) is 0 Å². The molecule has 0 unspecified atom stereocenters. The van der Waals surface area contributed by atoms with E-state index in [-0.39, 0.29) is 10.0 Å². The van der Waals surface area contributed by atoms with Gasteiger partial charge in [-0.2, -0.15) is 22.0 Å². The molecule has 1 rings (SSSR count). The van der Waals surface area contributed by atoms with Gasteiger partial charge in [0.05, 0.1) is 0 Å². The molecule has 0 heterocycles. The maximum Gasteiger partial charge on any atom is 0.422 e. The highest BCUT2D eigenvalue weighted by atomic mass is 35.5. The second kappa shape index (κ2) is 4.59. The number of benzene rings is 1. The fourth-order valence-corrected chi connectivity index (χ4v) is 1.60. The first-order valence-electron chi connectivity index (χ1n) is 3.80. The summed E-state index contributed by atoms with van der Waals surface area (Å²) in [6, 6.07) is 2.70. The molecule has 0 aliphatic heterocycles. The SMILES string of the molecule is FC(F)=C(c1cc(Cl)cc(Cl)c1)C(F)(F)F. The average molecular weight is 277 g/mol. The Morgan fingerprint density at radius 3 is 1.69 bits per heavy atom. The summed E-state index contributed by atoms with van der Waals surface area (Å²) >= 11 is 10.9. The molecule has 0 aromatic heterocycles. The van der Waals surface area contributed by atoms with Crippen molar-refractivity contribution in [1.82, 2.24) is 0 Å². The number of rotatable bonds is 1. The van der Waals surface area contributed by atoms with Gasteiger partial charge in [0.15, 0.2) is 0 Å². The van der Waals surface area contributed by atoms with Crippen LogP contribution in [-0.4, -0.2) is 6.18 Å². The van der Waals surface area contributed by atoms with Gasteiger partial charge in [-0.3, -0.25) is 0 Å².